The molecule has 0 heterocycles. The second-order valence-electron chi connectivity index (χ2n) is 5.49. The monoisotopic (exact) mass is 313 g/mol. The Hall–Kier alpha value is 0.347. The number of halogens is 1. The van der Waals surface area contributed by atoms with Gasteiger partial charge in [-0.3, -0.25) is 0 Å². The van der Waals surface area contributed by atoms with E-state index >= 15 is 0 Å². The number of quaternary nitrogens is 1. The molecule has 4 nitrogen and oxygen atoms in total. The predicted molar refractivity (Wildman–Crippen MR) is 77.6 cm³/mol. The zero-order chi connectivity index (χ0) is 14.1. The molecular weight excluding hydrogens is 282 g/mol. The summed E-state index contributed by atoms with van der Waals surface area (Å²) in [6.07, 6.45) is 5.01. The minimum Gasteiger partial charge on any atom is -1.00 e. The molecule has 0 fully saturated rings. The first-order valence-corrected chi connectivity index (χ1v) is 8.86. The molecule has 0 aliphatic rings. The molecule has 0 saturated heterocycles. The van der Waals surface area contributed by atoms with Crippen molar-refractivity contribution in [1.29, 1.82) is 0 Å². The first-order valence-electron chi connectivity index (χ1n) is 6.92. The van der Waals surface area contributed by atoms with Crippen molar-refractivity contribution in [1.82, 2.24) is 0 Å². The van der Waals surface area contributed by atoms with Gasteiger partial charge in [0.05, 0.1) is 27.2 Å². The smallest absolute Gasteiger partial charge is 0.500 e. The summed E-state index contributed by atoms with van der Waals surface area (Å²) >= 11 is 0. The SMILES string of the molecule is CCCCC[N+](C)(C)CCC[Si](OC)(OC)OC.[Cl-]. The van der Waals surface area contributed by atoms with Crippen LogP contribution in [0.2, 0.25) is 6.04 Å². The Bertz CT molecular complexity index is 206. The zero-order valence-electron chi connectivity index (χ0n) is 13.5. The molecule has 19 heavy (non-hydrogen) atoms. The van der Waals surface area contributed by atoms with E-state index in [0.717, 1.165) is 23.5 Å². The predicted octanol–water partition coefficient (Wildman–Crippen LogP) is -0.475. The molecule has 0 atom stereocenters. The molecule has 0 aliphatic heterocycles. The van der Waals surface area contributed by atoms with Crippen molar-refractivity contribution in [2.75, 3.05) is 48.5 Å². The molecule has 0 aliphatic carbocycles. The van der Waals surface area contributed by atoms with E-state index in [4.69, 9.17) is 13.3 Å². The number of hydrogen-bond acceptors (Lipinski definition) is 3. The molecule has 118 valence electrons. The third-order valence-corrected chi connectivity index (χ3v) is 6.38. The van der Waals surface area contributed by atoms with E-state index in [1.54, 1.807) is 21.3 Å². The molecule has 0 aromatic carbocycles. The summed E-state index contributed by atoms with van der Waals surface area (Å²) < 4.78 is 17.4. The Morgan fingerprint density at radius 2 is 1.32 bits per heavy atom. The van der Waals surface area contributed by atoms with Crippen LogP contribution in [0.5, 0.6) is 0 Å². The molecule has 0 radical (unpaired) electrons. The molecule has 0 spiro atoms. The fraction of sp³-hybridized carbons (Fsp3) is 1.00. The van der Waals surface area contributed by atoms with Crippen molar-refractivity contribution >= 4 is 8.80 Å². The lowest BCUT2D eigenvalue weighted by Gasteiger charge is -2.31. The minimum atomic E-state index is -2.37. The molecular formula is C13H32ClNO3Si. The summed E-state index contributed by atoms with van der Waals surface area (Å²) in [4.78, 5) is 0. The van der Waals surface area contributed by atoms with Gasteiger partial charge < -0.3 is 30.2 Å². The molecule has 6 heteroatoms. The van der Waals surface area contributed by atoms with Gasteiger partial charge >= 0.3 is 8.80 Å². The molecule has 0 amide bonds. The van der Waals surface area contributed by atoms with E-state index in [9.17, 15) is 0 Å². The van der Waals surface area contributed by atoms with Crippen LogP contribution in [-0.4, -0.2) is 61.8 Å². The summed E-state index contributed by atoms with van der Waals surface area (Å²) in [6, 6.07) is 0.895. The summed E-state index contributed by atoms with van der Waals surface area (Å²) in [6.45, 7) is 4.64. The van der Waals surface area contributed by atoms with Crippen LogP contribution >= 0.6 is 0 Å². The first-order chi connectivity index (χ1) is 8.45. The van der Waals surface area contributed by atoms with Gasteiger partial charge in [-0.25, -0.2) is 0 Å². The zero-order valence-corrected chi connectivity index (χ0v) is 15.3. The quantitative estimate of drug-likeness (QED) is 0.293. The standard InChI is InChI=1S/C13H32NO3Si.ClH/c1-7-8-9-11-14(2,3)12-10-13-18(15-4,16-5)17-6;/h7-13H2,1-6H3;1H/q+1;/p-1. The second-order valence-corrected chi connectivity index (χ2v) is 8.58. The molecule has 0 saturated carbocycles. The van der Waals surface area contributed by atoms with Gasteiger partial charge in [-0.05, 0) is 12.8 Å². The van der Waals surface area contributed by atoms with E-state index in [1.807, 2.05) is 0 Å². The first kappa shape index (κ1) is 21.6. The van der Waals surface area contributed by atoms with Crippen LogP contribution in [0.25, 0.3) is 0 Å². The van der Waals surface area contributed by atoms with Crippen LogP contribution in [0.15, 0.2) is 0 Å². The number of unbranched alkanes of at least 4 members (excludes halogenated alkanes) is 2. The van der Waals surface area contributed by atoms with Gasteiger partial charge in [-0.15, -0.1) is 0 Å². The summed E-state index contributed by atoms with van der Waals surface area (Å²) in [7, 11) is 7.27. The van der Waals surface area contributed by atoms with Crippen LogP contribution in [0, 0.1) is 0 Å². The molecule has 0 rings (SSSR count). The minimum absolute atomic E-state index is 0. The molecule has 0 unspecified atom stereocenters. The van der Waals surface area contributed by atoms with Crippen molar-refractivity contribution < 1.29 is 30.2 Å². The average Bonchev–Trinajstić information content (AvgIpc) is 2.35. The number of rotatable bonds is 11. The van der Waals surface area contributed by atoms with Crippen molar-refractivity contribution in [2.24, 2.45) is 0 Å². The molecule has 0 bridgehead atoms. The lowest BCUT2D eigenvalue weighted by atomic mass is 10.2. The maximum absolute atomic E-state index is 5.44. The van der Waals surface area contributed by atoms with Gasteiger partial charge in [0.2, 0.25) is 0 Å². The van der Waals surface area contributed by atoms with E-state index in [1.165, 1.54) is 25.8 Å². The van der Waals surface area contributed by atoms with Gasteiger partial charge in [0, 0.05) is 33.8 Å². The van der Waals surface area contributed by atoms with E-state index in [2.05, 4.69) is 21.0 Å². The van der Waals surface area contributed by atoms with Crippen molar-refractivity contribution in [2.45, 2.75) is 38.7 Å². The summed E-state index contributed by atoms with van der Waals surface area (Å²) in [5.41, 5.74) is 0. The lowest BCUT2D eigenvalue weighted by Crippen LogP contribution is -3.00. The van der Waals surface area contributed by atoms with Gasteiger partial charge in [-0.1, -0.05) is 13.3 Å². The van der Waals surface area contributed by atoms with Crippen LogP contribution < -0.4 is 12.4 Å². The molecule has 0 aromatic rings. The van der Waals surface area contributed by atoms with Crippen LogP contribution in [0.3, 0.4) is 0 Å². The van der Waals surface area contributed by atoms with Crippen molar-refractivity contribution in [3.05, 3.63) is 0 Å². The van der Waals surface area contributed by atoms with Crippen molar-refractivity contribution in [3.8, 4) is 0 Å². The number of hydrogen-bond donors (Lipinski definition) is 0. The van der Waals surface area contributed by atoms with Gasteiger partial charge in [0.15, 0.2) is 0 Å². The highest BCUT2D eigenvalue weighted by Gasteiger charge is 2.37. The van der Waals surface area contributed by atoms with Crippen LogP contribution in [-0.2, 0) is 13.3 Å². The largest absolute Gasteiger partial charge is 1.00 e. The Labute approximate surface area is 126 Å². The summed E-state index contributed by atoms with van der Waals surface area (Å²) in [5.74, 6) is 0. The third kappa shape index (κ3) is 8.99. The highest BCUT2D eigenvalue weighted by Crippen LogP contribution is 2.16. The normalized spacial score (nSPS) is 12.3. The van der Waals surface area contributed by atoms with Gasteiger partial charge in [0.1, 0.15) is 0 Å². The Morgan fingerprint density at radius 3 is 1.74 bits per heavy atom. The average molecular weight is 314 g/mol. The molecule has 0 N–H and O–H groups in total. The van der Waals surface area contributed by atoms with Gasteiger partial charge in [0.25, 0.3) is 0 Å². The lowest BCUT2D eigenvalue weighted by molar-refractivity contribution is -0.890. The third-order valence-electron chi connectivity index (χ3n) is 3.55. The van der Waals surface area contributed by atoms with E-state index in [-0.39, 0.29) is 12.4 Å². The highest BCUT2D eigenvalue weighted by atomic mass is 35.5. The maximum atomic E-state index is 5.44. The molecule has 0 aromatic heterocycles. The number of nitrogens with zero attached hydrogens (tertiary/aromatic N) is 1. The summed E-state index contributed by atoms with van der Waals surface area (Å²) in [5, 5.41) is 0. The van der Waals surface area contributed by atoms with E-state index in [0.29, 0.717) is 0 Å². The Kier molecular flexibility index (Phi) is 12.6. The second kappa shape index (κ2) is 11.1. The topological polar surface area (TPSA) is 27.7 Å². The Morgan fingerprint density at radius 1 is 0.842 bits per heavy atom. The van der Waals surface area contributed by atoms with Crippen LogP contribution in [0.4, 0.5) is 0 Å². The highest BCUT2D eigenvalue weighted by molar-refractivity contribution is 6.60. The van der Waals surface area contributed by atoms with Gasteiger partial charge in [-0.2, -0.15) is 0 Å². The van der Waals surface area contributed by atoms with Crippen LogP contribution in [0.1, 0.15) is 32.6 Å². The Balaban J connectivity index is 0. The van der Waals surface area contributed by atoms with E-state index < -0.39 is 8.80 Å². The fourth-order valence-electron chi connectivity index (χ4n) is 2.18. The maximum Gasteiger partial charge on any atom is 0.500 e. The van der Waals surface area contributed by atoms with Crippen molar-refractivity contribution in [3.63, 3.8) is 0 Å². The fourth-order valence-corrected chi connectivity index (χ4v) is 3.88.